The minimum Gasteiger partial charge on any atom is -0.467 e. The van der Waals surface area contributed by atoms with Crippen molar-refractivity contribution in [3.05, 3.63) is 54.7 Å². The Hall–Kier alpha value is -2.69. The van der Waals surface area contributed by atoms with Crippen LogP contribution in [-0.2, 0) is 9.53 Å². The molecule has 0 fully saturated rings. The molecular formula is C18H20N2O3. The van der Waals surface area contributed by atoms with E-state index in [2.05, 4.69) is 16.9 Å². The summed E-state index contributed by atoms with van der Waals surface area (Å²) in [7, 11) is 1.31. The van der Waals surface area contributed by atoms with E-state index < -0.39 is 12.0 Å². The van der Waals surface area contributed by atoms with Crippen LogP contribution in [0.4, 0.5) is 0 Å². The predicted octanol–water partition coefficient (Wildman–Crippen LogP) is 2.86. The molecule has 23 heavy (non-hydrogen) atoms. The first-order valence-electron chi connectivity index (χ1n) is 7.51. The topological polar surface area (TPSA) is 68.3 Å². The first kappa shape index (κ1) is 16.7. The number of carbonyl (C=O) groups excluding carboxylic acids is 2. The van der Waals surface area contributed by atoms with Gasteiger partial charge in [-0.05, 0) is 31.4 Å². The van der Waals surface area contributed by atoms with E-state index in [1.54, 1.807) is 12.1 Å². The van der Waals surface area contributed by atoms with E-state index in [4.69, 9.17) is 4.74 Å². The second-order valence-electron chi connectivity index (χ2n) is 5.16. The Kier molecular flexibility index (Phi) is 5.86. The minimum absolute atomic E-state index is 0.279. The molecule has 2 rings (SSSR count). The summed E-state index contributed by atoms with van der Waals surface area (Å²) in [5.41, 5.74) is 1.02. The van der Waals surface area contributed by atoms with Crippen LogP contribution in [0, 0.1) is 0 Å². The number of unbranched alkanes of at least 4 members (excludes halogenated alkanes) is 1. The van der Waals surface area contributed by atoms with Crippen LogP contribution in [0.25, 0.3) is 10.9 Å². The molecule has 0 radical (unpaired) electrons. The number of benzene rings is 1. The van der Waals surface area contributed by atoms with Gasteiger partial charge < -0.3 is 10.1 Å². The molecule has 1 aromatic carbocycles. The first-order valence-corrected chi connectivity index (χ1v) is 7.51. The zero-order valence-corrected chi connectivity index (χ0v) is 13.1. The maximum Gasteiger partial charge on any atom is 0.328 e. The fourth-order valence-electron chi connectivity index (χ4n) is 2.28. The Morgan fingerprint density at radius 1 is 1.30 bits per heavy atom. The number of para-hydroxylation sites is 1. The summed E-state index contributed by atoms with van der Waals surface area (Å²) in [5, 5.41) is 3.66. The van der Waals surface area contributed by atoms with Crippen molar-refractivity contribution < 1.29 is 14.3 Å². The second kappa shape index (κ2) is 8.08. The van der Waals surface area contributed by atoms with Gasteiger partial charge >= 0.3 is 5.97 Å². The first-order chi connectivity index (χ1) is 11.2. The van der Waals surface area contributed by atoms with E-state index in [9.17, 15) is 9.59 Å². The van der Waals surface area contributed by atoms with Crippen molar-refractivity contribution in [2.24, 2.45) is 0 Å². The van der Waals surface area contributed by atoms with Gasteiger partial charge in [0.2, 0.25) is 0 Å². The highest BCUT2D eigenvalue weighted by molar-refractivity contribution is 5.97. The van der Waals surface area contributed by atoms with Gasteiger partial charge in [-0.1, -0.05) is 30.3 Å². The number of hydrogen-bond acceptors (Lipinski definition) is 4. The quantitative estimate of drug-likeness (QED) is 0.485. The lowest BCUT2D eigenvalue weighted by molar-refractivity contribution is -0.143. The molecule has 0 spiro atoms. The minimum atomic E-state index is -0.680. The van der Waals surface area contributed by atoms with Crippen molar-refractivity contribution >= 4 is 22.8 Å². The highest BCUT2D eigenvalue weighted by atomic mass is 16.5. The number of hydrogen-bond donors (Lipinski definition) is 1. The van der Waals surface area contributed by atoms with Crippen LogP contribution in [0.3, 0.4) is 0 Å². The summed E-state index contributed by atoms with van der Waals surface area (Å²) in [5.74, 6) is -0.840. The third kappa shape index (κ3) is 4.39. The Balaban J connectivity index is 2.12. The molecule has 0 aliphatic rings. The molecule has 0 aliphatic heterocycles. The van der Waals surface area contributed by atoms with Crippen LogP contribution in [0.1, 0.15) is 29.8 Å². The van der Waals surface area contributed by atoms with Crippen molar-refractivity contribution in [3.63, 3.8) is 0 Å². The van der Waals surface area contributed by atoms with Gasteiger partial charge in [0.1, 0.15) is 11.7 Å². The van der Waals surface area contributed by atoms with Crippen LogP contribution >= 0.6 is 0 Å². The zero-order chi connectivity index (χ0) is 16.7. The van der Waals surface area contributed by atoms with E-state index in [0.717, 1.165) is 23.7 Å². The molecule has 1 aromatic heterocycles. The summed E-state index contributed by atoms with van der Waals surface area (Å²) in [6.07, 6.45) is 3.80. The van der Waals surface area contributed by atoms with Crippen LogP contribution in [0.5, 0.6) is 0 Å². The van der Waals surface area contributed by atoms with Crippen molar-refractivity contribution in [1.82, 2.24) is 10.3 Å². The van der Waals surface area contributed by atoms with Gasteiger partial charge in [-0.2, -0.15) is 0 Å². The Morgan fingerprint density at radius 3 is 2.83 bits per heavy atom. The number of esters is 1. The molecule has 2 aromatic rings. The van der Waals surface area contributed by atoms with Gasteiger partial charge in [0.25, 0.3) is 5.91 Å². The molecular weight excluding hydrogens is 292 g/mol. The summed E-state index contributed by atoms with van der Waals surface area (Å²) in [6, 6.07) is 10.4. The summed E-state index contributed by atoms with van der Waals surface area (Å²) in [6.45, 7) is 3.65. The van der Waals surface area contributed by atoms with Crippen LogP contribution < -0.4 is 5.32 Å². The number of ether oxygens (including phenoxy) is 1. The molecule has 0 aliphatic carbocycles. The van der Waals surface area contributed by atoms with E-state index in [1.807, 2.05) is 30.3 Å². The van der Waals surface area contributed by atoms with E-state index in [-0.39, 0.29) is 11.6 Å². The van der Waals surface area contributed by atoms with Gasteiger partial charge in [-0.3, -0.25) is 4.79 Å². The molecule has 0 unspecified atom stereocenters. The van der Waals surface area contributed by atoms with E-state index in [1.165, 1.54) is 7.11 Å². The van der Waals surface area contributed by atoms with Crippen molar-refractivity contribution in [2.75, 3.05) is 7.11 Å². The number of amides is 1. The number of nitrogens with one attached hydrogen (secondary N) is 1. The molecule has 5 nitrogen and oxygen atoms in total. The average molecular weight is 312 g/mol. The number of allylic oxidation sites excluding steroid dienone is 1. The van der Waals surface area contributed by atoms with Crippen molar-refractivity contribution in [3.8, 4) is 0 Å². The number of carbonyl (C=O) groups is 2. The third-order valence-electron chi connectivity index (χ3n) is 3.52. The van der Waals surface area contributed by atoms with E-state index >= 15 is 0 Å². The smallest absolute Gasteiger partial charge is 0.328 e. The van der Waals surface area contributed by atoms with Crippen molar-refractivity contribution in [1.29, 1.82) is 0 Å². The molecule has 5 heteroatoms. The molecule has 1 N–H and O–H groups in total. The summed E-state index contributed by atoms with van der Waals surface area (Å²) in [4.78, 5) is 28.5. The lowest BCUT2D eigenvalue weighted by Crippen LogP contribution is -2.41. The molecule has 1 atom stereocenters. The highest BCUT2D eigenvalue weighted by Crippen LogP contribution is 2.12. The molecule has 120 valence electrons. The largest absolute Gasteiger partial charge is 0.467 e. The van der Waals surface area contributed by atoms with Gasteiger partial charge in [-0.15, -0.1) is 6.58 Å². The summed E-state index contributed by atoms with van der Waals surface area (Å²) >= 11 is 0. The molecule has 0 bridgehead atoms. The van der Waals surface area contributed by atoms with Gasteiger partial charge in [0.05, 0.1) is 12.6 Å². The van der Waals surface area contributed by atoms with Crippen molar-refractivity contribution in [2.45, 2.75) is 25.3 Å². The number of pyridine rings is 1. The highest BCUT2D eigenvalue weighted by Gasteiger charge is 2.22. The van der Waals surface area contributed by atoms with Gasteiger partial charge in [0.15, 0.2) is 0 Å². The van der Waals surface area contributed by atoms with Crippen LogP contribution in [0.15, 0.2) is 49.1 Å². The van der Waals surface area contributed by atoms with Crippen LogP contribution in [0.2, 0.25) is 0 Å². The predicted molar refractivity (Wildman–Crippen MR) is 89.1 cm³/mol. The number of rotatable bonds is 7. The van der Waals surface area contributed by atoms with E-state index in [0.29, 0.717) is 6.42 Å². The third-order valence-corrected chi connectivity index (χ3v) is 3.52. The number of nitrogens with zero attached hydrogens (tertiary/aromatic N) is 1. The number of methoxy groups -OCH3 is 1. The monoisotopic (exact) mass is 312 g/mol. The Labute approximate surface area is 135 Å². The van der Waals surface area contributed by atoms with Gasteiger partial charge in [0, 0.05) is 5.39 Å². The lowest BCUT2D eigenvalue weighted by atomic mass is 10.1. The standard InChI is InChI=1S/C18H20N2O3/c1-3-4-5-10-16(18(22)23-2)20-17(21)15-12-11-13-8-6-7-9-14(13)19-15/h3,6-9,11-12,16H,1,4-5,10H2,2H3,(H,20,21)/t16-/m1/s1. The second-order valence-corrected chi connectivity index (χ2v) is 5.16. The zero-order valence-electron chi connectivity index (χ0n) is 13.1. The number of fused-ring (bicyclic) bond motifs is 1. The SMILES string of the molecule is C=CCCC[C@@H](NC(=O)c1ccc2ccccc2n1)C(=O)OC. The lowest BCUT2D eigenvalue weighted by Gasteiger charge is -2.16. The fraction of sp³-hybridized carbons (Fsp3) is 0.278. The Morgan fingerprint density at radius 2 is 2.09 bits per heavy atom. The maximum absolute atomic E-state index is 12.4. The molecule has 1 heterocycles. The molecule has 1 amide bonds. The molecule has 0 saturated carbocycles. The normalized spacial score (nSPS) is 11.7. The number of aromatic nitrogens is 1. The Bertz CT molecular complexity index is 712. The fourth-order valence-corrected chi connectivity index (χ4v) is 2.28. The average Bonchev–Trinajstić information content (AvgIpc) is 2.59. The van der Waals surface area contributed by atoms with Gasteiger partial charge in [-0.25, -0.2) is 9.78 Å². The maximum atomic E-state index is 12.4. The summed E-state index contributed by atoms with van der Waals surface area (Å²) < 4.78 is 4.75. The molecule has 0 saturated heterocycles. The van der Waals surface area contributed by atoms with Crippen LogP contribution in [-0.4, -0.2) is 30.0 Å².